The minimum absolute atomic E-state index is 0.0679. The largest absolute Gasteiger partial charge is 0.494 e. The first-order valence-electron chi connectivity index (χ1n) is 13.7. The molecule has 1 aromatic heterocycles. The maximum atomic E-state index is 15.3. The number of ketones is 1. The molecule has 4 rings (SSSR count). The molecule has 1 aliphatic rings. The summed E-state index contributed by atoms with van der Waals surface area (Å²) in [5.41, 5.74) is -2.32. The third kappa shape index (κ3) is 7.02. The number of hydrogen-bond donors (Lipinski definition) is 2. The molecule has 0 bridgehead atoms. The first-order valence-corrected chi connectivity index (χ1v) is 13.7. The van der Waals surface area contributed by atoms with Gasteiger partial charge in [-0.3, -0.25) is 14.2 Å². The molecule has 1 heterocycles. The van der Waals surface area contributed by atoms with Crippen LogP contribution in [0.15, 0.2) is 59.6 Å². The Morgan fingerprint density at radius 3 is 2.33 bits per heavy atom. The number of ether oxygens (including phenoxy) is 2. The summed E-state index contributed by atoms with van der Waals surface area (Å²) in [6.45, 7) is 6.65. The second-order valence-electron chi connectivity index (χ2n) is 10.1. The van der Waals surface area contributed by atoms with Gasteiger partial charge in [-0.2, -0.15) is 0 Å². The van der Waals surface area contributed by atoms with Gasteiger partial charge in [0.25, 0.3) is 5.56 Å². The molecule has 1 unspecified atom stereocenters. The number of carbonyl (C=O) groups is 1. The number of hydrogen-bond acceptors (Lipinski definition) is 6. The molecule has 224 valence electrons. The Balaban J connectivity index is 1.45. The number of carbonyl (C=O) groups excluding carboxylic acids is 1. The van der Waals surface area contributed by atoms with Gasteiger partial charge in [0.05, 0.1) is 29.9 Å². The van der Waals surface area contributed by atoms with E-state index in [0.29, 0.717) is 29.4 Å². The predicted octanol–water partition coefficient (Wildman–Crippen LogP) is 5.89. The van der Waals surface area contributed by atoms with Crippen molar-refractivity contribution in [2.24, 2.45) is 0 Å². The second-order valence-corrected chi connectivity index (χ2v) is 10.1. The molecule has 2 N–H and O–H groups in total. The molecule has 0 radical (unpaired) electrons. The van der Waals surface area contributed by atoms with Crippen molar-refractivity contribution in [1.29, 1.82) is 0 Å². The van der Waals surface area contributed by atoms with Crippen molar-refractivity contribution >= 4 is 11.6 Å². The molecule has 1 aliphatic carbocycles. The van der Waals surface area contributed by atoms with E-state index in [-0.39, 0.29) is 35.9 Å². The quantitative estimate of drug-likeness (QED) is 0.112. The summed E-state index contributed by atoms with van der Waals surface area (Å²) in [5.74, 6) is -4.84. The maximum absolute atomic E-state index is 15.3. The molecule has 42 heavy (non-hydrogen) atoms. The lowest BCUT2D eigenvalue weighted by atomic mass is 10.0. The van der Waals surface area contributed by atoms with Gasteiger partial charge < -0.3 is 20.1 Å². The van der Waals surface area contributed by atoms with Gasteiger partial charge in [0.1, 0.15) is 34.6 Å². The topological polar surface area (TPSA) is 81.6 Å². The van der Waals surface area contributed by atoms with Crippen molar-refractivity contribution in [3.05, 3.63) is 99.6 Å². The Labute approximate surface area is 241 Å². The Kier molecular flexibility index (Phi) is 10.1. The van der Waals surface area contributed by atoms with Crippen LogP contribution >= 0.6 is 0 Å². The third-order valence-electron chi connectivity index (χ3n) is 7.11. The van der Waals surface area contributed by atoms with E-state index in [0.717, 1.165) is 62.1 Å². The number of nitrogens with one attached hydrogen (secondary N) is 2. The molecule has 3 aromatic rings. The molecule has 7 nitrogen and oxygen atoms in total. The maximum Gasteiger partial charge on any atom is 0.256 e. The summed E-state index contributed by atoms with van der Waals surface area (Å²) in [5, 5.41) is 5.88. The van der Waals surface area contributed by atoms with Gasteiger partial charge in [0.2, 0.25) is 0 Å². The third-order valence-corrected chi connectivity index (χ3v) is 7.11. The average molecular weight is 588 g/mol. The van der Waals surface area contributed by atoms with E-state index >= 15 is 8.78 Å². The van der Waals surface area contributed by atoms with Crippen molar-refractivity contribution in [1.82, 2.24) is 9.88 Å². The standard InChI is InChI=1S/C31H33F4N3O4/c1-18(19(2)42-21-7-4-5-8-21)37-13-6-14-41-22-16-26(34)29(27(35)17-22)38-28(39)12-11-24(31(38)36-3)30(40)23-10-9-20(32)15-25(23)33/h9-12,15-18,21,36-37H,2,4-8,13-14H2,1,3H3. The fourth-order valence-corrected chi connectivity index (χ4v) is 4.87. The number of rotatable bonds is 13. The summed E-state index contributed by atoms with van der Waals surface area (Å²) in [7, 11) is 1.33. The molecule has 1 saturated carbocycles. The van der Waals surface area contributed by atoms with Gasteiger partial charge in [-0.1, -0.05) is 6.58 Å². The summed E-state index contributed by atoms with van der Waals surface area (Å²) in [6.07, 6.45) is 5.15. The Morgan fingerprint density at radius 2 is 1.69 bits per heavy atom. The molecule has 0 amide bonds. The highest BCUT2D eigenvalue weighted by atomic mass is 19.1. The lowest BCUT2D eigenvalue weighted by molar-refractivity contribution is 0.103. The molecular formula is C31H33F4N3O4. The van der Waals surface area contributed by atoms with Gasteiger partial charge in [-0.05, 0) is 63.8 Å². The molecule has 0 aliphatic heterocycles. The lowest BCUT2D eigenvalue weighted by Crippen LogP contribution is -2.31. The molecule has 2 aromatic carbocycles. The normalized spacial score (nSPS) is 14.0. The van der Waals surface area contributed by atoms with Crippen molar-refractivity contribution in [2.45, 2.75) is 51.2 Å². The van der Waals surface area contributed by atoms with Crippen LogP contribution in [0.2, 0.25) is 0 Å². The van der Waals surface area contributed by atoms with Gasteiger partial charge in [0, 0.05) is 31.3 Å². The fraction of sp³-hybridized carbons (Fsp3) is 0.355. The predicted molar refractivity (Wildman–Crippen MR) is 151 cm³/mol. The lowest BCUT2D eigenvalue weighted by Gasteiger charge is -2.21. The summed E-state index contributed by atoms with van der Waals surface area (Å²) in [4.78, 5) is 25.8. The van der Waals surface area contributed by atoms with Crippen molar-refractivity contribution in [2.75, 3.05) is 25.5 Å². The number of pyridine rings is 1. The van der Waals surface area contributed by atoms with Gasteiger partial charge >= 0.3 is 0 Å². The Morgan fingerprint density at radius 1 is 1.02 bits per heavy atom. The van der Waals surface area contributed by atoms with E-state index in [9.17, 15) is 18.4 Å². The van der Waals surface area contributed by atoms with Crippen LogP contribution in [0.4, 0.5) is 23.4 Å². The molecule has 11 heteroatoms. The molecule has 1 atom stereocenters. The Hall–Kier alpha value is -4.12. The van der Waals surface area contributed by atoms with Crippen molar-refractivity contribution in [3.63, 3.8) is 0 Å². The molecule has 0 saturated heterocycles. The highest BCUT2D eigenvalue weighted by Crippen LogP contribution is 2.28. The van der Waals surface area contributed by atoms with Crippen LogP contribution in [0.25, 0.3) is 5.69 Å². The average Bonchev–Trinajstić information content (AvgIpc) is 3.45. The van der Waals surface area contributed by atoms with Gasteiger partial charge in [-0.25, -0.2) is 17.6 Å². The zero-order valence-corrected chi connectivity index (χ0v) is 23.4. The van der Waals surface area contributed by atoms with E-state index in [1.807, 2.05) is 6.92 Å². The van der Waals surface area contributed by atoms with Gasteiger partial charge in [-0.15, -0.1) is 0 Å². The highest BCUT2D eigenvalue weighted by molar-refractivity contribution is 6.12. The highest BCUT2D eigenvalue weighted by Gasteiger charge is 2.24. The minimum atomic E-state index is -1.12. The zero-order valence-electron chi connectivity index (χ0n) is 23.4. The number of benzene rings is 2. The first-order chi connectivity index (χ1) is 20.1. The van der Waals surface area contributed by atoms with Gasteiger partial charge in [0.15, 0.2) is 17.4 Å². The van der Waals surface area contributed by atoms with Crippen LogP contribution in [-0.4, -0.2) is 42.7 Å². The summed E-state index contributed by atoms with van der Waals surface area (Å²) in [6, 6.07) is 6.24. The van der Waals surface area contributed by atoms with E-state index in [2.05, 4.69) is 17.2 Å². The minimum Gasteiger partial charge on any atom is -0.494 e. The molecule has 0 spiro atoms. The first kappa shape index (κ1) is 30.8. The number of nitrogens with zero attached hydrogens (tertiary/aromatic N) is 1. The van der Waals surface area contributed by atoms with E-state index in [4.69, 9.17) is 9.47 Å². The molecular weight excluding hydrogens is 554 g/mol. The summed E-state index contributed by atoms with van der Waals surface area (Å²) < 4.78 is 70.3. The van der Waals surface area contributed by atoms with E-state index in [1.54, 1.807) is 0 Å². The fourth-order valence-electron chi connectivity index (χ4n) is 4.87. The molecule has 1 fully saturated rings. The number of aromatic nitrogens is 1. The van der Waals surface area contributed by atoms with Crippen molar-refractivity contribution < 1.29 is 31.8 Å². The van der Waals surface area contributed by atoms with E-state index < -0.39 is 45.9 Å². The van der Waals surface area contributed by atoms with Crippen LogP contribution < -0.4 is 20.9 Å². The van der Waals surface area contributed by atoms with Crippen LogP contribution in [0.1, 0.15) is 54.9 Å². The van der Waals surface area contributed by atoms with Crippen LogP contribution in [0.3, 0.4) is 0 Å². The SMILES string of the molecule is C=C(OC1CCCC1)C(C)NCCCOc1cc(F)c(-n2c(NC)c(C(=O)c3ccc(F)cc3F)ccc2=O)c(F)c1. The van der Waals surface area contributed by atoms with Crippen molar-refractivity contribution in [3.8, 4) is 11.4 Å². The zero-order chi connectivity index (χ0) is 30.4. The van der Waals surface area contributed by atoms with E-state index in [1.165, 1.54) is 7.05 Å². The van der Waals surface area contributed by atoms with Crippen LogP contribution in [-0.2, 0) is 4.74 Å². The second kappa shape index (κ2) is 13.7. The van der Waals surface area contributed by atoms with Crippen LogP contribution in [0.5, 0.6) is 5.75 Å². The monoisotopic (exact) mass is 587 g/mol. The smallest absolute Gasteiger partial charge is 0.256 e. The van der Waals surface area contributed by atoms with Crippen LogP contribution in [0, 0.1) is 23.3 Å². The number of halogens is 4. The Bertz CT molecular complexity index is 1500. The summed E-state index contributed by atoms with van der Waals surface area (Å²) >= 11 is 0. The number of anilines is 1.